The van der Waals surface area contributed by atoms with Crippen molar-refractivity contribution in [3.8, 4) is 0 Å². The van der Waals surface area contributed by atoms with E-state index in [2.05, 4.69) is 34.5 Å². The van der Waals surface area contributed by atoms with E-state index in [1.165, 1.54) is 25.7 Å². The molecule has 2 rings (SSSR count). The van der Waals surface area contributed by atoms with Crippen molar-refractivity contribution in [1.82, 2.24) is 9.55 Å². The van der Waals surface area contributed by atoms with Crippen LogP contribution >= 0.6 is 0 Å². The van der Waals surface area contributed by atoms with E-state index in [9.17, 15) is 0 Å². The molecular weight excluding hydrogens is 224 g/mol. The first-order valence-electron chi connectivity index (χ1n) is 7.29. The van der Waals surface area contributed by atoms with Gasteiger partial charge in [0, 0.05) is 31.5 Å². The van der Waals surface area contributed by atoms with E-state index in [4.69, 9.17) is 5.73 Å². The Bertz CT molecular complexity index is 360. The third kappa shape index (κ3) is 2.53. The number of imidazole rings is 1. The molecule has 18 heavy (non-hydrogen) atoms. The molecule has 1 aliphatic rings. The number of hydrogen-bond donors (Lipinski definition) is 1. The Kier molecular flexibility index (Phi) is 4.64. The van der Waals surface area contributed by atoms with Crippen LogP contribution in [0, 0.1) is 5.92 Å². The van der Waals surface area contributed by atoms with E-state index in [0.29, 0.717) is 12.0 Å². The molecule has 102 valence electrons. The van der Waals surface area contributed by atoms with E-state index >= 15 is 0 Å². The third-order valence-electron chi connectivity index (χ3n) is 4.20. The van der Waals surface area contributed by atoms with Gasteiger partial charge >= 0.3 is 0 Å². The third-order valence-corrected chi connectivity index (χ3v) is 4.20. The zero-order chi connectivity index (χ0) is 13.0. The smallest absolute Gasteiger partial charge is 0.205 e. The summed E-state index contributed by atoms with van der Waals surface area (Å²) < 4.78 is 2.23. The van der Waals surface area contributed by atoms with Crippen molar-refractivity contribution in [1.29, 1.82) is 0 Å². The van der Waals surface area contributed by atoms with Crippen LogP contribution < -0.4 is 10.6 Å². The molecule has 1 aromatic rings. The second kappa shape index (κ2) is 6.23. The molecule has 0 radical (unpaired) electrons. The average molecular weight is 250 g/mol. The van der Waals surface area contributed by atoms with Gasteiger partial charge < -0.3 is 15.2 Å². The largest absolute Gasteiger partial charge is 0.339 e. The molecule has 4 heteroatoms. The summed E-state index contributed by atoms with van der Waals surface area (Å²) in [6.07, 6.45) is 9.15. The number of nitrogens with two attached hydrogens (primary N) is 1. The Morgan fingerprint density at radius 3 is 2.83 bits per heavy atom. The van der Waals surface area contributed by atoms with Gasteiger partial charge in [-0.25, -0.2) is 4.98 Å². The summed E-state index contributed by atoms with van der Waals surface area (Å²) >= 11 is 0. The Morgan fingerprint density at radius 2 is 2.17 bits per heavy atom. The summed E-state index contributed by atoms with van der Waals surface area (Å²) in [6.45, 7) is 7.18. The van der Waals surface area contributed by atoms with Gasteiger partial charge in [0.15, 0.2) is 0 Å². The minimum Gasteiger partial charge on any atom is -0.339 e. The maximum absolute atomic E-state index is 5.96. The standard InChI is InChI=1S/C14H26N4/c1-3-17-10-9-16-14(17)18(4-2)13-8-6-5-7-12(13)11-15/h9-10,12-13H,3-8,11,15H2,1-2H3. The van der Waals surface area contributed by atoms with Crippen molar-refractivity contribution >= 4 is 5.95 Å². The monoisotopic (exact) mass is 250 g/mol. The molecule has 0 amide bonds. The highest BCUT2D eigenvalue weighted by Gasteiger charge is 2.30. The fourth-order valence-electron chi connectivity index (χ4n) is 3.20. The van der Waals surface area contributed by atoms with Crippen LogP contribution in [-0.4, -0.2) is 28.7 Å². The summed E-state index contributed by atoms with van der Waals surface area (Å²) in [7, 11) is 0. The Balaban J connectivity index is 2.21. The number of hydrogen-bond acceptors (Lipinski definition) is 3. The molecular formula is C14H26N4. The lowest BCUT2D eigenvalue weighted by Gasteiger charge is -2.39. The van der Waals surface area contributed by atoms with Crippen LogP contribution in [0.4, 0.5) is 5.95 Å². The molecule has 4 nitrogen and oxygen atoms in total. The van der Waals surface area contributed by atoms with Crippen molar-refractivity contribution in [2.45, 2.75) is 52.1 Å². The molecule has 1 heterocycles. The number of rotatable bonds is 5. The molecule has 0 saturated heterocycles. The van der Waals surface area contributed by atoms with Crippen LogP contribution in [0.2, 0.25) is 0 Å². The van der Waals surface area contributed by atoms with Crippen LogP contribution in [-0.2, 0) is 6.54 Å². The SMILES string of the molecule is CCN(c1nccn1CC)C1CCCCC1CN. The zero-order valence-electron chi connectivity index (χ0n) is 11.7. The molecule has 0 spiro atoms. The van der Waals surface area contributed by atoms with E-state index in [0.717, 1.165) is 25.6 Å². The van der Waals surface area contributed by atoms with Gasteiger partial charge in [-0.15, -0.1) is 0 Å². The molecule has 1 aliphatic carbocycles. The first-order chi connectivity index (χ1) is 8.81. The first-order valence-corrected chi connectivity index (χ1v) is 7.29. The predicted molar refractivity (Wildman–Crippen MR) is 75.7 cm³/mol. The summed E-state index contributed by atoms with van der Waals surface area (Å²) in [5.41, 5.74) is 5.96. The fraction of sp³-hybridized carbons (Fsp3) is 0.786. The van der Waals surface area contributed by atoms with E-state index in [-0.39, 0.29) is 0 Å². The van der Waals surface area contributed by atoms with Crippen molar-refractivity contribution in [2.75, 3.05) is 18.0 Å². The lowest BCUT2D eigenvalue weighted by molar-refractivity contribution is 0.297. The summed E-state index contributed by atoms with van der Waals surface area (Å²) in [4.78, 5) is 7.01. The van der Waals surface area contributed by atoms with Crippen LogP contribution in [0.3, 0.4) is 0 Å². The summed E-state index contributed by atoms with van der Waals surface area (Å²) in [5.74, 6) is 1.74. The van der Waals surface area contributed by atoms with Crippen LogP contribution in [0.15, 0.2) is 12.4 Å². The van der Waals surface area contributed by atoms with Gasteiger partial charge in [-0.1, -0.05) is 12.8 Å². The maximum Gasteiger partial charge on any atom is 0.205 e. The predicted octanol–water partition coefficient (Wildman–Crippen LogP) is 2.25. The van der Waals surface area contributed by atoms with Crippen LogP contribution in [0.5, 0.6) is 0 Å². The highest BCUT2D eigenvalue weighted by Crippen LogP contribution is 2.30. The number of aryl methyl sites for hydroxylation is 1. The van der Waals surface area contributed by atoms with Gasteiger partial charge in [0.05, 0.1) is 0 Å². The molecule has 2 atom stereocenters. The van der Waals surface area contributed by atoms with Crippen molar-refractivity contribution < 1.29 is 0 Å². The quantitative estimate of drug-likeness (QED) is 0.872. The molecule has 2 N–H and O–H groups in total. The number of nitrogens with zero attached hydrogens (tertiary/aromatic N) is 3. The Morgan fingerprint density at radius 1 is 1.39 bits per heavy atom. The molecule has 2 unspecified atom stereocenters. The second-order valence-corrected chi connectivity index (χ2v) is 5.15. The van der Waals surface area contributed by atoms with Gasteiger partial charge in [0.25, 0.3) is 0 Å². The molecule has 0 bridgehead atoms. The van der Waals surface area contributed by atoms with E-state index < -0.39 is 0 Å². The van der Waals surface area contributed by atoms with Crippen LogP contribution in [0.25, 0.3) is 0 Å². The molecule has 0 aromatic carbocycles. The normalized spacial score (nSPS) is 24.2. The highest BCUT2D eigenvalue weighted by atomic mass is 15.3. The van der Waals surface area contributed by atoms with Gasteiger partial charge in [0.2, 0.25) is 5.95 Å². The number of anilines is 1. The lowest BCUT2D eigenvalue weighted by Crippen LogP contribution is -2.46. The molecule has 1 aromatic heterocycles. The van der Waals surface area contributed by atoms with Gasteiger partial charge in [-0.2, -0.15) is 0 Å². The van der Waals surface area contributed by atoms with Gasteiger partial charge in [-0.3, -0.25) is 0 Å². The first kappa shape index (κ1) is 13.4. The van der Waals surface area contributed by atoms with Crippen molar-refractivity contribution in [3.05, 3.63) is 12.4 Å². The molecule has 1 saturated carbocycles. The minimum atomic E-state index is 0.571. The minimum absolute atomic E-state index is 0.571. The Labute approximate surface area is 110 Å². The highest BCUT2D eigenvalue weighted by molar-refractivity contribution is 5.33. The maximum atomic E-state index is 5.96. The summed E-state index contributed by atoms with van der Waals surface area (Å²) in [5, 5.41) is 0. The van der Waals surface area contributed by atoms with E-state index in [1.54, 1.807) is 0 Å². The average Bonchev–Trinajstić information content (AvgIpc) is 2.88. The van der Waals surface area contributed by atoms with E-state index in [1.807, 2.05) is 6.20 Å². The molecule has 0 aliphatic heterocycles. The van der Waals surface area contributed by atoms with Crippen molar-refractivity contribution in [2.24, 2.45) is 11.7 Å². The zero-order valence-corrected chi connectivity index (χ0v) is 11.7. The molecule has 1 fully saturated rings. The fourth-order valence-corrected chi connectivity index (χ4v) is 3.20. The second-order valence-electron chi connectivity index (χ2n) is 5.15. The Hall–Kier alpha value is -1.03. The lowest BCUT2D eigenvalue weighted by atomic mass is 9.83. The van der Waals surface area contributed by atoms with Crippen molar-refractivity contribution in [3.63, 3.8) is 0 Å². The number of aromatic nitrogens is 2. The topological polar surface area (TPSA) is 47.1 Å². The van der Waals surface area contributed by atoms with Gasteiger partial charge in [0.1, 0.15) is 0 Å². The summed E-state index contributed by atoms with van der Waals surface area (Å²) in [6, 6.07) is 0.571. The van der Waals surface area contributed by atoms with Gasteiger partial charge in [-0.05, 0) is 39.2 Å². The van der Waals surface area contributed by atoms with Crippen LogP contribution in [0.1, 0.15) is 39.5 Å².